The number of hydrogen-bond acceptors (Lipinski definition) is 7. The Morgan fingerprint density at radius 1 is 1.00 bits per heavy atom. The lowest BCUT2D eigenvalue weighted by atomic mass is 10.1. The number of fused-ring (bicyclic) bond motifs is 1. The third kappa shape index (κ3) is 3.81. The maximum Gasteiger partial charge on any atom is 0.257 e. The topological polar surface area (TPSA) is 87.1 Å². The summed E-state index contributed by atoms with van der Waals surface area (Å²) >= 11 is 0. The summed E-state index contributed by atoms with van der Waals surface area (Å²) < 4.78 is 0. The van der Waals surface area contributed by atoms with Crippen LogP contribution in [0.5, 0.6) is 0 Å². The van der Waals surface area contributed by atoms with E-state index >= 15 is 0 Å². The van der Waals surface area contributed by atoms with E-state index in [0.29, 0.717) is 17.6 Å². The number of piperazine rings is 1. The molecular formula is C21H27N7O. The van der Waals surface area contributed by atoms with Gasteiger partial charge in [0.05, 0.1) is 11.1 Å². The molecule has 5 rings (SSSR count). The van der Waals surface area contributed by atoms with Crippen molar-refractivity contribution in [1.82, 2.24) is 29.7 Å². The minimum Gasteiger partial charge on any atom is -0.345 e. The third-order valence-corrected chi connectivity index (χ3v) is 6.49. The van der Waals surface area contributed by atoms with Gasteiger partial charge in [-0.2, -0.15) is 0 Å². The summed E-state index contributed by atoms with van der Waals surface area (Å²) in [4.78, 5) is 34.6. The molecule has 2 aromatic rings. The van der Waals surface area contributed by atoms with Crippen LogP contribution in [-0.4, -0.2) is 67.9 Å². The van der Waals surface area contributed by atoms with E-state index in [0.717, 1.165) is 38.0 Å². The average molecular weight is 393 g/mol. The van der Waals surface area contributed by atoms with Gasteiger partial charge >= 0.3 is 0 Å². The molecule has 3 fully saturated rings. The van der Waals surface area contributed by atoms with Crippen LogP contribution in [0, 0.1) is 0 Å². The van der Waals surface area contributed by atoms with Gasteiger partial charge < -0.3 is 10.2 Å². The standard InChI is InChI=1S/C21H27N7O/c29-19(28-9-8-27-7-3-1-2-4-18(27)14-28)16-10-24-20(25-11-16)26-21(5-6-21)17-12-22-15-23-13-17/h10-13,15,18H,1-9,14H2,(H,24,25,26). The molecule has 0 spiro atoms. The van der Waals surface area contributed by atoms with Gasteiger partial charge in [-0.1, -0.05) is 12.8 Å². The molecule has 0 radical (unpaired) electrons. The molecule has 0 aromatic carbocycles. The van der Waals surface area contributed by atoms with Crippen molar-refractivity contribution in [2.24, 2.45) is 0 Å². The van der Waals surface area contributed by atoms with Gasteiger partial charge in [-0.25, -0.2) is 19.9 Å². The molecule has 29 heavy (non-hydrogen) atoms. The lowest BCUT2D eigenvalue weighted by Crippen LogP contribution is -2.54. The summed E-state index contributed by atoms with van der Waals surface area (Å²) in [5, 5.41) is 3.40. The van der Waals surface area contributed by atoms with E-state index in [1.807, 2.05) is 17.3 Å². The number of aromatic nitrogens is 4. The molecular weight excluding hydrogens is 366 g/mol. The van der Waals surface area contributed by atoms with E-state index in [1.54, 1.807) is 12.4 Å². The van der Waals surface area contributed by atoms with Crippen LogP contribution < -0.4 is 5.32 Å². The molecule has 1 unspecified atom stereocenters. The summed E-state index contributed by atoms with van der Waals surface area (Å²) in [6, 6.07) is 0.500. The zero-order valence-electron chi connectivity index (χ0n) is 16.6. The molecule has 4 heterocycles. The Morgan fingerprint density at radius 2 is 1.79 bits per heavy atom. The lowest BCUT2D eigenvalue weighted by molar-refractivity contribution is 0.0488. The molecule has 1 atom stereocenters. The van der Waals surface area contributed by atoms with Gasteiger partial charge in [-0.15, -0.1) is 0 Å². The van der Waals surface area contributed by atoms with Crippen LogP contribution in [0.25, 0.3) is 0 Å². The normalized spacial score (nSPS) is 23.7. The van der Waals surface area contributed by atoms with Gasteiger partial charge in [0.25, 0.3) is 5.91 Å². The fraction of sp³-hybridized carbons (Fsp3) is 0.571. The van der Waals surface area contributed by atoms with Crippen molar-refractivity contribution in [1.29, 1.82) is 0 Å². The van der Waals surface area contributed by atoms with Gasteiger partial charge in [0.2, 0.25) is 5.95 Å². The Morgan fingerprint density at radius 3 is 2.55 bits per heavy atom. The molecule has 3 aliphatic rings. The van der Waals surface area contributed by atoms with Crippen LogP contribution in [0.2, 0.25) is 0 Å². The minimum absolute atomic E-state index is 0.0399. The highest BCUT2D eigenvalue weighted by atomic mass is 16.2. The van der Waals surface area contributed by atoms with E-state index < -0.39 is 0 Å². The van der Waals surface area contributed by atoms with E-state index in [4.69, 9.17) is 0 Å². The largest absolute Gasteiger partial charge is 0.345 e. The zero-order valence-corrected chi connectivity index (χ0v) is 16.6. The summed E-state index contributed by atoms with van der Waals surface area (Å²) in [5.74, 6) is 0.578. The number of amides is 1. The molecule has 2 aromatic heterocycles. The second-order valence-electron chi connectivity index (χ2n) is 8.42. The highest BCUT2D eigenvalue weighted by Crippen LogP contribution is 2.47. The average Bonchev–Trinajstić information content (AvgIpc) is 3.58. The van der Waals surface area contributed by atoms with Crippen LogP contribution >= 0.6 is 0 Å². The molecule has 1 aliphatic carbocycles. The number of anilines is 1. The second-order valence-corrected chi connectivity index (χ2v) is 8.42. The SMILES string of the molecule is O=C(c1cnc(NC2(c3cncnc3)CC2)nc1)N1CCN2CCCCCC2C1. The monoisotopic (exact) mass is 393 g/mol. The lowest BCUT2D eigenvalue weighted by Gasteiger charge is -2.40. The summed E-state index contributed by atoms with van der Waals surface area (Å²) in [6.07, 6.45) is 15.5. The quantitative estimate of drug-likeness (QED) is 0.851. The zero-order chi connectivity index (χ0) is 19.7. The van der Waals surface area contributed by atoms with Crippen LogP contribution in [0.15, 0.2) is 31.1 Å². The summed E-state index contributed by atoms with van der Waals surface area (Å²) in [7, 11) is 0. The maximum atomic E-state index is 13.0. The maximum absolute atomic E-state index is 13.0. The van der Waals surface area contributed by atoms with Crippen LogP contribution in [0.1, 0.15) is 54.4 Å². The van der Waals surface area contributed by atoms with Gasteiger partial charge in [0.15, 0.2) is 0 Å². The number of rotatable bonds is 4. The predicted octanol–water partition coefficient (Wildman–Crippen LogP) is 2.07. The smallest absolute Gasteiger partial charge is 0.257 e. The van der Waals surface area contributed by atoms with Crippen molar-refractivity contribution < 1.29 is 4.79 Å². The fourth-order valence-corrected chi connectivity index (χ4v) is 4.57. The first kappa shape index (κ1) is 18.4. The molecule has 8 nitrogen and oxygen atoms in total. The first-order chi connectivity index (χ1) is 14.2. The Bertz CT molecular complexity index is 853. The van der Waals surface area contributed by atoms with E-state index in [9.17, 15) is 4.79 Å². The highest BCUT2D eigenvalue weighted by Gasteiger charge is 2.45. The Balaban J connectivity index is 1.24. The molecule has 152 valence electrons. The first-order valence-electron chi connectivity index (χ1n) is 10.6. The fourth-order valence-electron chi connectivity index (χ4n) is 4.57. The molecule has 1 N–H and O–H groups in total. The van der Waals surface area contributed by atoms with Gasteiger partial charge in [-0.05, 0) is 32.2 Å². The van der Waals surface area contributed by atoms with E-state index in [-0.39, 0.29) is 11.4 Å². The third-order valence-electron chi connectivity index (χ3n) is 6.49. The van der Waals surface area contributed by atoms with Crippen molar-refractivity contribution >= 4 is 11.9 Å². The van der Waals surface area contributed by atoms with E-state index in [1.165, 1.54) is 38.6 Å². The number of nitrogens with zero attached hydrogens (tertiary/aromatic N) is 6. The van der Waals surface area contributed by atoms with Crippen molar-refractivity contribution in [3.05, 3.63) is 42.2 Å². The molecule has 0 bridgehead atoms. The molecule has 8 heteroatoms. The van der Waals surface area contributed by atoms with Gasteiger partial charge in [0, 0.05) is 56.0 Å². The van der Waals surface area contributed by atoms with Gasteiger partial charge in [0.1, 0.15) is 6.33 Å². The number of nitrogens with one attached hydrogen (secondary N) is 1. The van der Waals surface area contributed by atoms with Crippen LogP contribution in [-0.2, 0) is 5.54 Å². The summed E-state index contributed by atoms with van der Waals surface area (Å²) in [5.41, 5.74) is 1.43. The summed E-state index contributed by atoms with van der Waals surface area (Å²) in [6.45, 7) is 3.74. The molecule has 2 aliphatic heterocycles. The molecule has 2 saturated heterocycles. The minimum atomic E-state index is -0.178. The predicted molar refractivity (Wildman–Crippen MR) is 108 cm³/mol. The van der Waals surface area contributed by atoms with Gasteiger partial charge in [-0.3, -0.25) is 9.69 Å². The van der Waals surface area contributed by atoms with Crippen LogP contribution in [0.4, 0.5) is 5.95 Å². The van der Waals surface area contributed by atoms with E-state index in [2.05, 4.69) is 30.2 Å². The molecule has 1 saturated carbocycles. The van der Waals surface area contributed by atoms with Crippen molar-refractivity contribution in [3.63, 3.8) is 0 Å². The van der Waals surface area contributed by atoms with Crippen molar-refractivity contribution in [2.75, 3.05) is 31.5 Å². The number of carbonyl (C=O) groups excluding carboxylic acids is 1. The van der Waals surface area contributed by atoms with Crippen LogP contribution in [0.3, 0.4) is 0 Å². The first-order valence-corrected chi connectivity index (χ1v) is 10.6. The van der Waals surface area contributed by atoms with Crippen molar-refractivity contribution in [2.45, 2.75) is 50.1 Å². The Hall–Kier alpha value is -2.61. The van der Waals surface area contributed by atoms with Crippen molar-refractivity contribution in [3.8, 4) is 0 Å². The highest BCUT2D eigenvalue weighted by molar-refractivity contribution is 5.93. The molecule has 1 amide bonds. The Kier molecular flexibility index (Phi) is 4.87. The Labute approximate surface area is 170 Å². The number of hydrogen-bond donors (Lipinski definition) is 1. The second kappa shape index (κ2) is 7.67. The number of carbonyl (C=O) groups is 1.